The first-order valence-corrected chi connectivity index (χ1v) is 9.32. The fourth-order valence-electron chi connectivity index (χ4n) is 2.98. The number of anilines is 2. The van der Waals surface area contributed by atoms with Crippen LogP contribution in [-0.2, 0) is 9.59 Å². The molecule has 0 saturated carbocycles. The standard InChI is InChI=1S/C23H16N2O3S/c26-21-20(15-7-13-19-14-8-16-28-19)22(27)25(18-11-5-2-6-12-18)23(29)24(21)17-9-3-1-4-10-17/h1-16H. The maximum absolute atomic E-state index is 13.2. The van der Waals surface area contributed by atoms with Crippen LogP contribution in [0, 0.1) is 0 Å². The number of furan rings is 1. The molecular weight excluding hydrogens is 384 g/mol. The van der Waals surface area contributed by atoms with E-state index < -0.39 is 11.8 Å². The van der Waals surface area contributed by atoms with Gasteiger partial charge in [-0.2, -0.15) is 0 Å². The summed E-state index contributed by atoms with van der Waals surface area (Å²) < 4.78 is 5.25. The lowest BCUT2D eigenvalue weighted by atomic mass is 10.1. The third-order valence-electron chi connectivity index (χ3n) is 4.34. The molecule has 4 rings (SSSR count). The third kappa shape index (κ3) is 3.66. The third-order valence-corrected chi connectivity index (χ3v) is 4.71. The number of allylic oxidation sites excluding steroid dienone is 2. The van der Waals surface area contributed by atoms with Crippen LogP contribution in [0.4, 0.5) is 11.4 Å². The lowest BCUT2D eigenvalue weighted by Gasteiger charge is -2.36. The molecule has 1 fully saturated rings. The molecule has 0 unspecified atom stereocenters. The zero-order chi connectivity index (χ0) is 20.2. The van der Waals surface area contributed by atoms with Gasteiger partial charge in [-0.05, 0) is 60.8 Å². The van der Waals surface area contributed by atoms with Gasteiger partial charge in [0.25, 0.3) is 11.8 Å². The quantitative estimate of drug-likeness (QED) is 0.365. The molecule has 2 amide bonds. The van der Waals surface area contributed by atoms with Crippen LogP contribution in [0.2, 0.25) is 0 Å². The van der Waals surface area contributed by atoms with Crippen molar-refractivity contribution in [1.29, 1.82) is 0 Å². The molecule has 0 bridgehead atoms. The number of nitrogens with zero attached hydrogens (tertiary/aromatic N) is 2. The fourth-order valence-corrected chi connectivity index (χ4v) is 3.36. The van der Waals surface area contributed by atoms with Crippen molar-refractivity contribution in [3.8, 4) is 0 Å². The smallest absolute Gasteiger partial charge is 0.270 e. The summed E-state index contributed by atoms with van der Waals surface area (Å²) in [5.74, 6) is -0.321. The minimum Gasteiger partial charge on any atom is -0.465 e. The molecule has 1 aromatic heterocycles. The summed E-state index contributed by atoms with van der Waals surface area (Å²) in [6.45, 7) is 0. The van der Waals surface area contributed by atoms with Crippen molar-refractivity contribution in [2.75, 3.05) is 9.80 Å². The average Bonchev–Trinajstić information content (AvgIpc) is 3.26. The van der Waals surface area contributed by atoms with Gasteiger partial charge < -0.3 is 4.42 Å². The van der Waals surface area contributed by atoms with Gasteiger partial charge in [-0.3, -0.25) is 19.4 Å². The van der Waals surface area contributed by atoms with Gasteiger partial charge in [-0.1, -0.05) is 42.5 Å². The second kappa shape index (κ2) is 8.08. The highest BCUT2D eigenvalue weighted by molar-refractivity contribution is 7.81. The second-order valence-electron chi connectivity index (χ2n) is 6.19. The van der Waals surface area contributed by atoms with Gasteiger partial charge in [0.05, 0.1) is 17.6 Å². The normalized spacial score (nSPS) is 14.8. The van der Waals surface area contributed by atoms with E-state index in [1.807, 2.05) is 36.4 Å². The van der Waals surface area contributed by atoms with Crippen LogP contribution in [0.25, 0.3) is 6.08 Å². The van der Waals surface area contributed by atoms with Gasteiger partial charge in [0.15, 0.2) is 5.11 Å². The molecule has 6 heteroatoms. The van der Waals surface area contributed by atoms with E-state index in [4.69, 9.17) is 16.6 Å². The topological polar surface area (TPSA) is 53.8 Å². The Morgan fingerprint density at radius 3 is 1.79 bits per heavy atom. The molecule has 0 N–H and O–H groups in total. The van der Waals surface area contributed by atoms with E-state index in [2.05, 4.69) is 0 Å². The summed E-state index contributed by atoms with van der Waals surface area (Å²) in [4.78, 5) is 29.1. The van der Waals surface area contributed by atoms with Crippen molar-refractivity contribution in [2.45, 2.75) is 0 Å². The maximum Gasteiger partial charge on any atom is 0.270 e. The first-order chi connectivity index (χ1) is 14.2. The van der Waals surface area contributed by atoms with Gasteiger partial charge in [-0.15, -0.1) is 0 Å². The Morgan fingerprint density at radius 2 is 1.31 bits per heavy atom. The van der Waals surface area contributed by atoms with Crippen LogP contribution in [0.3, 0.4) is 0 Å². The van der Waals surface area contributed by atoms with E-state index in [1.165, 1.54) is 15.9 Å². The summed E-state index contributed by atoms with van der Waals surface area (Å²) in [7, 11) is 0. The van der Waals surface area contributed by atoms with Crippen LogP contribution >= 0.6 is 12.2 Å². The highest BCUT2D eigenvalue weighted by Crippen LogP contribution is 2.28. The summed E-state index contributed by atoms with van der Waals surface area (Å²) >= 11 is 5.55. The first-order valence-electron chi connectivity index (χ1n) is 8.91. The molecule has 0 spiro atoms. The molecule has 0 radical (unpaired) electrons. The molecule has 29 heavy (non-hydrogen) atoms. The van der Waals surface area contributed by atoms with Crippen LogP contribution in [-0.4, -0.2) is 16.9 Å². The Morgan fingerprint density at radius 1 is 0.759 bits per heavy atom. The van der Waals surface area contributed by atoms with Gasteiger partial charge in [0.1, 0.15) is 11.3 Å². The summed E-state index contributed by atoms with van der Waals surface area (Å²) in [6, 6.07) is 21.6. The molecule has 0 aliphatic carbocycles. The van der Waals surface area contributed by atoms with Crippen molar-refractivity contribution >= 4 is 46.6 Å². The van der Waals surface area contributed by atoms with Gasteiger partial charge in [0.2, 0.25) is 0 Å². The highest BCUT2D eigenvalue weighted by Gasteiger charge is 2.40. The van der Waals surface area contributed by atoms with Crippen molar-refractivity contribution < 1.29 is 14.0 Å². The fraction of sp³-hybridized carbons (Fsp3) is 0. The number of amides is 2. The molecule has 1 aliphatic rings. The first kappa shape index (κ1) is 18.6. The van der Waals surface area contributed by atoms with Gasteiger partial charge in [-0.25, -0.2) is 0 Å². The largest absolute Gasteiger partial charge is 0.465 e. The second-order valence-corrected chi connectivity index (χ2v) is 6.55. The zero-order valence-corrected chi connectivity index (χ0v) is 16.1. The van der Waals surface area contributed by atoms with Crippen molar-refractivity contribution in [1.82, 2.24) is 0 Å². The molecular formula is C23H16N2O3S. The Bertz CT molecular complexity index is 1040. The molecule has 0 atom stereocenters. The molecule has 1 aliphatic heterocycles. The molecule has 142 valence electrons. The van der Waals surface area contributed by atoms with Gasteiger partial charge >= 0.3 is 0 Å². The number of para-hydroxylation sites is 2. The van der Waals surface area contributed by atoms with Crippen molar-refractivity contribution in [2.24, 2.45) is 0 Å². The van der Waals surface area contributed by atoms with E-state index in [0.717, 1.165) is 0 Å². The number of hydrogen-bond donors (Lipinski definition) is 0. The van der Waals surface area contributed by atoms with E-state index in [1.54, 1.807) is 54.8 Å². The molecule has 2 heterocycles. The number of carbonyl (C=O) groups excluding carboxylic acids is 2. The van der Waals surface area contributed by atoms with Crippen LogP contribution in [0.5, 0.6) is 0 Å². The predicted molar refractivity (Wildman–Crippen MR) is 116 cm³/mol. The molecule has 3 aromatic rings. The number of hydrogen-bond acceptors (Lipinski definition) is 4. The number of carbonyl (C=O) groups is 2. The van der Waals surface area contributed by atoms with Crippen LogP contribution in [0.15, 0.2) is 101 Å². The van der Waals surface area contributed by atoms with Gasteiger partial charge in [0, 0.05) is 0 Å². The maximum atomic E-state index is 13.2. The lowest BCUT2D eigenvalue weighted by molar-refractivity contribution is -0.120. The predicted octanol–water partition coefficient (Wildman–Crippen LogP) is 4.58. The van der Waals surface area contributed by atoms with E-state index >= 15 is 0 Å². The van der Waals surface area contributed by atoms with E-state index in [9.17, 15) is 9.59 Å². The van der Waals surface area contributed by atoms with Crippen molar-refractivity contribution in [3.05, 3.63) is 103 Å². The van der Waals surface area contributed by atoms with Crippen LogP contribution < -0.4 is 9.80 Å². The summed E-state index contributed by atoms with van der Waals surface area (Å²) in [6.07, 6.45) is 6.34. The Balaban J connectivity index is 1.78. The Hall–Kier alpha value is -3.77. The molecule has 5 nitrogen and oxygen atoms in total. The molecule has 2 aromatic carbocycles. The van der Waals surface area contributed by atoms with Crippen LogP contribution in [0.1, 0.15) is 5.76 Å². The Kier molecular flexibility index (Phi) is 5.18. The van der Waals surface area contributed by atoms with E-state index in [0.29, 0.717) is 17.1 Å². The SMILES string of the molecule is O=C1C(=CC=Cc2ccco2)C(=O)N(c2ccccc2)C(=S)N1c1ccccc1. The highest BCUT2D eigenvalue weighted by atomic mass is 32.1. The zero-order valence-electron chi connectivity index (χ0n) is 15.3. The average molecular weight is 400 g/mol. The molecule has 1 saturated heterocycles. The number of benzene rings is 2. The van der Waals surface area contributed by atoms with Crippen molar-refractivity contribution in [3.63, 3.8) is 0 Å². The minimum absolute atomic E-state index is 0.00844. The lowest BCUT2D eigenvalue weighted by Crippen LogP contribution is -2.57. The monoisotopic (exact) mass is 400 g/mol. The Labute approximate surface area is 173 Å². The van der Waals surface area contributed by atoms with E-state index in [-0.39, 0.29) is 10.7 Å². The number of thiocarbonyl (C=S) groups is 1. The number of rotatable bonds is 4. The minimum atomic E-state index is -0.470. The summed E-state index contributed by atoms with van der Waals surface area (Å²) in [5, 5.41) is 0.115. The summed E-state index contributed by atoms with van der Waals surface area (Å²) in [5.41, 5.74) is 1.20.